The van der Waals surface area contributed by atoms with Crippen LogP contribution in [0.3, 0.4) is 0 Å². The van der Waals surface area contributed by atoms with Crippen molar-refractivity contribution < 1.29 is 9.90 Å². The molecule has 0 fully saturated rings. The molecular formula is C14H12O2. The van der Waals surface area contributed by atoms with E-state index in [1.165, 1.54) is 0 Å². The lowest BCUT2D eigenvalue weighted by molar-refractivity contribution is 0.0699. The average Bonchev–Trinajstić information content (AvgIpc) is 2.28. The fraction of sp³-hybridized carbons (Fsp3) is 0.0714. The normalized spacial score (nSPS) is 10.2. The highest BCUT2D eigenvalue weighted by molar-refractivity contribution is 6.04. The van der Waals surface area contributed by atoms with Gasteiger partial charge >= 0.3 is 5.97 Å². The number of rotatable bonds is 3. The van der Waals surface area contributed by atoms with Crippen molar-refractivity contribution in [2.24, 2.45) is 0 Å². The summed E-state index contributed by atoms with van der Waals surface area (Å²) >= 11 is 0. The molecule has 0 aliphatic rings. The number of benzene rings is 2. The number of carbonyl (C=O) groups is 1. The second-order valence-corrected chi connectivity index (χ2v) is 3.66. The Kier molecular flexibility index (Phi) is 2.73. The maximum Gasteiger partial charge on any atom is 0.336 e. The van der Waals surface area contributed by atoms with Crippen molar-refractivity contribution in [3.8, 4) is 0 Å². The van der Waals surface area contributed by atoms with E-state index in [1.807, 2.05) is 30.3 Å². The largest absolute Gasteiger partial charge is 0.478 e. The van der Waals surface area contributed by atoms with Crippen LogP contribution in [0.5, 0.6) is 0 Å². The first-order valence-corrected chi connectivity index (χ1v) is 5.08. The molecule has 0 bridgehead atoms. The average molecular weight is 212 g/mol. The van der Waals surface area contributed by atoms with Crippen LogP contribution in [-0.2, 0) is 6.42 Å². The zero-order valence-electron chi connectivity index (χ0n) is 8.81. The lowest BCUT2D eigenvalue weighted by Gasteiger charge is -2.05. The molecule has 0 spiro atoms. The van der Waals surface area contributed by atoms with Crippen LogP contribution in [0.2, 0.25) is 0 Å². The van der Waals surface area contributed by atoms with Gasteiger partial charge in [-0.2, -0.15) is 0 Å². The van der Waals surface area contributed by atoms with E-state index >= 15 is 0 Å². The topological polar surface area (TPSA) is 37.3 Å². The molecule has 0 unspecified atom stereocenters. The predicted molar refractivity (Wildman–Crippen MR) is 64.8 cm³/mol. The Hall–Kier alpha value is -2.09. The molecule has 0 heterocycles. The van der Waals surface area contributed by atoms with Crippen molar-refractivity contribution in [3.63, 3.8) is 0 Å². The van der Waals surface area contributed by atoms with Gasteiger partial charge in [-0.05, 0) is 28.8 Å². The van der Waals surface area contributed by atoms with Crippen LogP contribution in [0.25, 0.3) is 10.8 Å². The van der Waals surface area contributed by atoms with E-state index in [9.17, 15) is 4.79 Å². The van der Waals surface area contributed by atoms with Gasteiger partial charge < -0.3 is 5.11 Å². The van der Waals surface area contributed by atoms with Gasteiger partial charge in [0.25, 0.3) is 0 Å². The molecule has 0 aliphatic heterocycles. The Morgan fingerprint density at radius 3 is 2.75 bits per heavy atom. The predicted octanol–water partition coefficient (Wildman–Crippen LogP) is 3.27. The molecule has 16 heavy (non-hydrogen) atoms. The molecule has 1 N–H and O–H groups in total. The third kappa shape index (κ3) is 1.82. The number of carboxylic acids is 1. The minimum Gasteiger partial charge on any atom is -0.478 e. The van der Waals surface area contributed by atoms with E-state index < -0.39 is 5.97 Å². The number of carboxylic acid groups (broad SMARTS) is 1. The second-order valence-electron chi connectivity index (χ2n) is 3.66. The summed E-state index contributed by atoms with van der Waals surface area (Å²) in [5.74, 6) is -0.887. The summed E-state index contributed by atoms with van der Waals surface area (Å²) in [5, 5.41) is 10.9. The molecular weight excluding hydrogens is 200 g/mol. The van der Waals surface area contributed by atoms with Gasteiger partial charge in [-0.1, -0.05) is 36.4 Å². The summed E-state index contributed by atoms with van der Waals surface area (Å²) in [6, 6.07) is 11.2. The van der Waals surface area contributed by atoms with Crippen molar-refractivity contribution in [2.45, 2.75) is 6.42 Å². The Bertz CT molecular complexity index is 556. The highest BCUT2D eigenvalue weighted by Crippen LogP contribution is 2.21. The highest BCUT2D eigenvalue weighted by atomic mass is 16.4. The van der Waals surface area contributed by atoms with Gasteiger partial charge in [-0.25, -0.2) is 4.79 Å². The molecule has 0 saturated carbocycles. The Balaban J connectivity index is 2.73. The number of hydrogen-bond acceptors (Lipinski definition) is 1. The molecule has 2 heteroatoms. The third-order valence-corrected chi connectivity index (χ3v) is 2.53. The van der Waals surface area contributed by atoms with Gasteiger partial charge in [-0.15, -0.1) is 6.58 Å². The first-order chi connectivity index (χ1) is 7.72. The number of fused-ring (bicyclic) bond motifs is 1. The molecule has 2 nitrogen and oxygen atoms in total. The summed E-state index contributed by atoms with van der Waals surface area (Å²) in [7, 11) is 0. The molecule has 0 radical (unpaired) electrons. The van der Waals surface area contributed by atoms with E-state index in [4.69, 9.17) is 5.11 Å². The van der Waals surface area contributed by atoms with Crippen LogP contribution >= 0.6 is 0 Å². The molecule has 80 valence electrons. The minimum absolute atomic E-state index is 0.356. The summed E-state index contributed by atoms with van der Waals surface area (Å²) in [6.45, 7) is 3.66. The van der Waals surface area contributed by atoms with E-state index in [2.05, 4.69) is 6.58 Å². The summed E-state index contributed by atoms with van der Waals surface area (Å²) in [6.07, 6.45) is 2.46. The third-order valence-electron chi connectivity index (χ3n) is 2.53. The van der Waals surface area contributed by atoms with Gasteiger partial charge in [0.05, 0.1) is 5.56 Å². The van der Waals surface area contributed by atoms with Crippen LogP contribution in [0.4, 0.5) is 0 Å². The molecule has 0 aromatic heterocycles. The quantitative estimate of drug-likeness (QED) is 0.793. The molecule has 2 rings (SSSR count). The Labute approximate surface area is 93.8 Å². The van der Waals surface area contributed by atoms with Crippen molar-refractivity contribution in [1.29, 1.82) is 0 Å². The molecule has 0 aliphatic carbocycles. The first-order valence-electron chi connectivity index (χ1n) is 5.08. The van der Waals surface area contributed by atoms with Gasteiger partial charge in [0, 0.05) is 0 Å². The van der Waals surface area contributed by atoms with Gasteiger partial charge in [0.15, 0.2) is 0 Å². The molecule has 0 saturated heterocycles. The molecule has 0 atom stereocenters. The fourth-order valence-electron chi connectivity index (χ4n) is 1.83. The lowest BCUT2D eigenvalue weighted by atomic mass is 9.99. The van der Waals surface area contributed by atoms with E-state index in [0.29, 0.717) is 12.0 Å². The Morgan fingerprint density at radius 1 is 1.31 bits per heavy atom. The fourth-order valence-corrected chi connectivity index (χ4v) is 1.83. The van der Waals surface area contributed by atoms with Crippen molar-refractivity contribution in [1.82, 2.24) is 0 Å². The zero-order valence-corrected chi connectivity index (χ0v) is 8.81. The first kappa shape index (κ1) is 10.4. The summed E-state index contributed by atoms with van der Waals surface area (Å²) < 4.78 is 0. The monoisotopic (exact) mass is 212 g/mol. The van der Waals surface area contributed by atoms with Gasteiger partial charge in [0.2, 0.25) is 0 Å². The number of hydrogen-bond donors (Lipinski definition) is 1. The molecule has 2 aromatic rings. The molecule has 0 amide bonds. The van der Waals surface area contributed by atoms with E-state index in [0.717, 1.165) is 16.3 Å². The van der Waals surface area contributed by atoms with Crippen LogP contribution in [0.15, 0.2) is 49.1 Å². The molecule has 2 aromatic carbocycles. The number of aromatic carboxylic acids is 1. The lowest BCUT2D eigenvalue weighted by Crippen LogP contribution is -1.99. The van der Waals surface area contributed by atoms with Crippen LogP contribution < -0.4 is 0 Å². The highest BCUT2D eigenvalue weighted by Gasteiger charge is 2.09. The maximum atomic E-state index is 11.1. The second kappa shape index (κ2) is 4.19. The van der Waals surface area contributed by atoms with Crippen LogP contribution in [0, 0.1) is 0 Å². The summed E-state index contributed by atoms with van der Waals surface area (Å²) in [4.78, 5) is 11.1. The Morgan fingerprint density at radius 2 is 2.06 bits per heavy atom. The zero-order chi connectivity index (χ0) is 11.5. The van der Waals surface area contributed by atoms with Crippen LogP contribution in [0.1, 0.15) is 15.9 Å². The van der Waals surface area contributed by atoms with Crippen molar-refractivity contribution in [2.75, 3.05) is 0 Å². The van der Waals surface area contributed by atoms with Gasteiger partial charge in [-0.3, -0.25) is 0 Å². The summed E-state index contributed by atoms with van der Waals surface area (Å²) in [5.41, 5.74) is 1.33. The smallest absolute Gasteiger partial charge is 0.336 e. The van der Waals surface area contributed by atoms with Crippen molar-refractivity contribution >= 4 is 16.7 Å². The minimum atomic E-state index is -0.887. The van der Waals surface area contributed by atoms with E-state index in [1.54, 1.807) is 12.1 Å². The van der Waals surface area contributed by atoms with Crippen LogP contribution in [-0.4, -0.2) is 11.1 Å². The SMILES string of the molecule is C=CCc1cc(C(=O)O)c2ccccc2c1. The van der Waals surface area contributed by atoms with Gasteiger partial charge in [0.1, 0.15) is 0 Å². The number of allylic oxidation sites excluding steroid dienone is 1. The van der Waals surface area contributed by atoms with E-state index in [-0.39, 0.29) is 0 Å². The maximum absolute atomic E-state index is 11.1. The van der Waals surface area contributed by atoms with Crippen molar-refractivity contribution in [3.05, 3.63) is 60.2 Å². The standard InChI is InChI=1S/C14H12O2/c1-2-5-10-8-11-6-3-4-7-12(11)13(9-10)14(15)16/h2-4,6-9H,1,5H2,(H,15,16).